The van der Waals surface area contributed by atoms with E-state index in [1.807, 2.05) is 24.1 Å². The van der Waals surface area contributed by atoms with Gasteiger partial charge in [0.15, 0.2) is 0 Å². The van der Waals surface area contributed by atoms with Crippen LogP contribution in [0.2, 0.25) is 0 Å². The highest BCUT2D eigenvalue weighted by Gasteiger charge is 2.22. The van der Waals surface area contributed by atoms with Gasteiger partial charge in [0.2, 0.25) is 0 Å². The fourth-order valence-corrected chi connectivity index (χ4v) is 3.30. The van der Waals surface area contributed by atoms with Gasteiger partial charge in [-0.15, -0.1) is 0 Å². The molecule has 22 heavy (non-hydrogen) atoms. The first kappa shape index (κ1) is 17.4. The van der Waals surface area contributed by atoms with Gasteiger partial charge in [0.1, 0.15) is 5.82 Å². The molecule has 1 aliphatic rings. The lowest BCUT2D eigenvalue weighted by Crippen LogP contribution is -2.36. The van der Waals surface area contributed by atoms with E-state index >= 15 is 0 Å². The first-order valence-corrected chi connectivity index (χ1v) is 8.33. The molecule has 0 aliphatic carbocycles. The van der Waals surface area contributed by atoms with Crippen LogP contribution < -0.4 is 0 Å². The highest BCUT2D eigenvalue weighted by Crippen LogP contribution is 2.20. The highest BCUT2D eigenvalue weighted by molar-refractivity contribution is 9.10. The van der Waals surface area contributed by atoms with Crippen LogP contribution in [-0.2, 0) is 11.3 Å². The van der Waals surface area contributed by atoms with Gasteiger partial charge in [-0.3, -0.25) is 14.6 Å². The Kier molecular flexibility index (Phi) is 6.35. The number of halogens is 2. The summed E-state index contributed by atoms with van der Waals surface area (Å²) in [7, 11) is 1.86. The lowest BCUT2D eigenvalue weighted by Gasteiger charge is -2.25. The number of benzene rings is 1. The van der Waals surface area contributed by atoms with Crippen molar-refractivity contribution in [3.8, 4) is 0 Å². The normalized spacial score (nSPS) is 20.1. The maximum Gasteiger partial charge on any atom is 0.317 e. The van der Waals surface area contributed by atoms with Crippen LogP contribution in [0.3, 0.4) is 0 Å². The van der Waals surface area contributed by atoms with Crippen LogP contribution >= 0.6 is 15.9 Å². The first-order valence-electron chi connectivity index (χ1n) is 7.54. The van der Waals surface area contributed by atoms with E-state index in [1.54, 1.807) is 0 Å². The maximum absolute atomic E-state index is 13.9. The fourth-order valence-electron chi connectivity index (χ4n) is 2.97. The van der Waals surface area contributed by atoms with Crippen LogP contribution in [0.15, 0.2) is 22.7 Å². The minimum absolute atomic E-state index is 0.0754. The second kappa shape index (κ2) is 8.04. The second-order valence-electron chi connectivity index (χ2n) is 5.91. The molecule has 1 unspecified atom stereocenters. The van der Waals surface area contributed by atoms with Crippen molar-refractivity contribution in [2.24, 2.45) is 0 Å². The van der Waals surface area contributed by atoms with E-state index in [0.29, 0.717) is 12.1 Å². The molecule has 1 fully saturated rings. The molecule has 0 aromatic heterocycles. The fraction of sp³-hybridized carbons (Fsp3) is 0.562. The summed E-state index contributed by atoms with van der Waals surface area (Å²) in [5.41, 5.74) is 0.709. The minimum Gasteiger partial charge on any atom is -0.480 e. The van der Waals surface area contributed by atoms with Gasteiger partial charge >= 0.3 is 5.97 Å². The average Bonchev–Trinajstić information content (AvgIpc) is 2.67. The van der Waals surface area contributed by atoms with Crippen molar-refractivity contribution in [3.05, 3.63) is 34.1 Å². The molecular weight excluding hydrogens is 351 g/mol. The molecule has 1 aromatic rings. The van der Waals surface area contributed by atoms with Crippen molar-refractivity contribution >= 4 is 21.9 Å². The average molecular weight is 373 g/mol. The monoisotopic (exact) mass is 372 g/mol. The minimum atomic E-state index is -0.791. The summed E-state index contributed by atoms with van der Waals surface area (Å²) >= 11 is 3.27. The van der Waals surface area contributed by atoms with E-state index in [0.717, 1.165) is 36.8 Å². The van der Waals surface area contributed by atoms with Gasteiger partial charge in [0.05, 0.1) is 6.54 Å². The molecule has 1 aromatic carbocycles. The Morgan fingerprint density at radius 1 is 1.45 bits per heavy atom. The second-order valence-corrected chi connectivity index (χ2v) is 6.82. The van der Waals surface area contributed by atoms with Crippen LogP contribution in [-0.4, -0.2) is 53.6 Å². The summed E-state index contributed by atoms with van der Waals surface area (Å²) < 4.78 is 14.7. The lowest BCUT2D eigenvalue weighted by atomic mass is 10.1. The molecular formula is C16H22BrFN2O2. The van der Waals surface area contributed by atoms with Gasteiger partial charge in [-0.05, 0) is 51.5 Å². The van der Waals surface area contributed by atoms with E-state index < -0.39 is 5.97 Å². The summed E-state index contributed by atoms with van der Waals surface area (Å²) in [5.74, 6) is -0.973. The third-order valence-corrected chi connectivity index (χ3v) is 4.70. The van der Waals surface area contributed by atoms with Gasteiger partial charge in [-0.2, -0.15) is 0 Å². The van der Waals surface area contributed by atoms with Crippen molar-refractivity contribution in [1.29, 1.82) is 0 Å². The third kappa shape index (κ3) is 5.04. The third-order valence-electron chi connectivity index (χ3n) is 4.21. The van der Waals surface area contributed by atoms with Crippen LogP contribution in [0, 0.1) is 5.82 Å². The quantitative estimate of drug-likeness (QED) is 0.862. The predicted octanol–water partition coefficient (Wildman–Crippen LogP) is 2.96. The van der Waals surface area contributed by atoms with Crippen molar-refractivity contribution in [1.82, 2.24) is 9.80 Å². The SMILES string of the molecule is CN(CC(=O)O)C1CCCN(Cc2ccc(Br)cc2F)CC1. The number of aliphatic carboxylic acids is 1. The van der Waals surface area contributed by atoms with Crippen molar-refractivity contribution in [2.75, 3.05) is 26.7 Å². The Hall–Kier alpha value is -0.980. The number of likely N-dealkylation sites (N-methyl/N-ethyl adjacent to an activating group) is 1. The molecule has 1 heterocycles. The summed E-state index contributed by atoms with van der Waals surface area (Å²) in [6.07, 6.45) is 2.91. The van der Waals surface area contributed by atoms with E-state index in [2.05, 4.69) is 20.8 Å². The number of hydrogen-bond acceptors (Lipinski definition) is 3. The molecule has 0 spiro atoms. The van der Waals surface area contributed by atoms with Gasteiger partial charge in [-0.25, -0.2) is 4.39 Å². The Morgan fingerprint density at radius 2 is 2.23 bits per heavy atom. The molecule has 0 bridgehead atoms. The molecule has 0 amide bonds. The number of carboxylic acids is 1. The van der Waals surface area contributed by atoms with Gasteiger partial charge in [0, 0.05) is 22.6 Å². The van der Waals surface area contributed by atoms with Crippen LogP contribution in [0.25, 0.3) is 0 Å². The summed E-state index contributed by atoms with van der Waals surface area (Å²) in [6, 6.07) is 5.46. The van der Waals surface area contributed by atoms with Gasteiger partial charge < -0.3 is 5.11 Å². The number of rotatable bonds is 5. The molecule has 1 aliphatic heterocycles. The number of nitrogens with zero attached hydrogens (tertiary/aromatic N) is 2. The number of carboxylic acid groups (broad SMARTS) is 1. The zero-order valence-electron chi connectivity index (χ0n) is 12.8. The lowest BCUT2D eigenvalue weighted by molar-refractivity contribution is -0.138. The standard InChI is InChI=1S/C16H22BrFN2O2/c1-19(11-16(21)22)14-3-2-7-20(8-6-14)10-12-4-5-13(17)9-15(12)18/h4-5,9,14H,2-3,6-8,10-11H2,1H3,(H,21,22). The Morgan fingerprint density at radius 3 is 2.91 bits per heavy atom. The molecule has 0 saturated carbocycles. The number of likely N-dealkylation sites (tertiary alicyclic amines) is 1. The maximum atomic E-state index is 13.9. The number of hydrogen-bond donors (Lipinski definition) is 1. The molecule has 2 rings (SSSR count). The number of carbonyl (C=O) groups is 1. The highest BCUT2D eigenvalue weighted by atomic mass is 79.9. The van der Waals surface area contributed by atoms with E-state index in [4.69, 9.17) is 5.11 Å². The zero-order chi connectivity index (χ0) is 16.1. The van der Waals surface area contributed by atoms with Gasteiger partial charge in [0.25, 0.3) is 0 Å². The van der Waals surface area contributed by atoms with Crippen LogP contribution in [0.4, 0.5) is 4.39 Å². The molecule has 4 nitrogen and oxygen atoms in total. The van der Waals surface area contributed by atoms with Crippen molar-refractivity contribution in [2.45, 2.75) is 31.8 Å². The van der Waals surface area contributed by atoms with Crippen molar-refractivity contribution < 1.29 is 14.3 Å². The Balaban J connectivity index is 1.91. The zero-order valence-corrected chi connectivity index (χ0v) is 14.4. The first-order chi connectivity index (χ1) is 10.5. The van der Waals surface area contributed by atoms with Gasteiger partial charge in [-0.1, -0.05) is 22.0 Å². The molecule has 1 saturated heterocycles. The largest absolute Gasteiger partial charge is 0.480 e. The smallest absolute Gasteiger partial charge is 0.317 e. The molecule has 0 radical (unpaired) electrons. The summed E-state index contributed by atoms with van der Waals surface area (Å²) in [6.45, 7) is 2.47. The van der Waals surface area contributed by atoms with E-state index in [-0.39, 0.29) is 18.4 Å². The summed E-state index contributed by atoms with van der Waals surface area (Å²) in [5, 5.41) is 8.89. The topological polar surface area (TPSA) is 43.8 Å². The predicted molar refractivity (Wildman–Crippen MR) is 87.3 cm³/mol. The van der Waals surface area contributed by atoms with E-state index in [9.17, 15) is 9.18 Å². The van der Waals surface area contributed by atoms with Crippen LogP contribution in [0.1, 0.15) is 24.8 Å². The van der Waals surface area contributed by atoms with Crippen LogP contribution in [0.5, 0.6) is 0 Å². The molecule has 1 N–H and O–H groups in total. The molecule has 1 atom stereocenters. The Bertz CT molecular complexity index is 527. The van der Waals surface area contributed by atoms with Crippen molar-refractivity contribution in [3.63, 3.8) is 0 Å². The molecule has 122 valence electrons. The summed E-state index contributed by atoms with van der Waals surface area (Å²) in [4.78, 5) is 15.0. The Labute approximate surface area is 139 Å². The van der Waals surface area contributed by atoms with E-state index in [1.165, 1.54) is 6.07 Å². The molecule has 6 heteroatoms.